The number of piperidine rings is 1. The van der Waals surface area contributed by atoms with Gasteiger partial charge in [0.25, 0.3) is 0 Å². The maximum Gasteiger partial charge on any atom is 0.407 e. The Hall–Kier alpha value is -1.85. The van der Waals surface area contributed by atoms with Gasteiger partial charge in [-0.25, -0.2) is 4.79 Å². The molecular formula is C19H28N2O3. The molecule has 1 fully saturated rings. The van der Waals surface area contributed by atoms with Crippen molar-refractivity contribution in [1.82, 2.24) is 10.6 Å². The summed E-state index contributed by atoms with van der Waals surface area (Å²) < 4.78 is 5.17. The van der Waals surface area contributed by atoms with Crippen molar-refractivity contribution in [2.75, 3.05) is 19.6 Å². The molecule has 0 spiro atoms. The molecule has 24 heavy (non-hydrogen) atoms. The molecule has 0 radical (unpaired) electrons. The summed E-state index contributed by atoms with van der Waals surface area (Å²) in [6, 6.07) is 7.93. The summed E-state index contributed by atoms with van der Waals surface area (Å²) in [5.41, 5.74) is 0.792. The minimum Gasteiger partial charge on any atom is -0.444 e. The molecule has 132 valence electrons. The van der Waals surface area contributed by atoms with Crippen LogP contribution in [-0.4, -0.2) is 36.4 Å². The molecular weight excluding hydrogens is 304 g/mol. The average molecular weight is 332 g/mol. The van der Waals surface area contributed by atoms with Crippen molar-refractivity contribution >= 4 is 12.2 Å². The van der Waals surface area contributed by atoms with E-state index in [1.165, 1.54) is 0 Å². The summed E-state index contributed by atoms with van der Waals surface area (Å²) in [6.45, 7) is 7.59. The van der Waals surface area contributed by atoms with E-state index in [4.69, 9.17) is 4.74 Å². The molecule has 1 amide bonds. The first kappa shape index (κ1) is 18.5. The number of rotatable bonds is 4. The Bertz CT molecular complexity index is 567. The summed E-state index contributed by atoms with van der Waals surface area (Å²) in [5, 5.41) is 16.6. The number of carbonyl (C=O) groups excluding carboxylic acids is 1. The molecule has 0 saturated carbocycles. The Morgan fingerprint density at radius 2 is 1.92 bits per heavy atom. The molecule has 0 bridgehead atoms. The molecule has 1 aliphatic heterocycles. The molecule has 1 heterocycles. The first-order valence-electron chi connectivity index (χ1n) is 8.46. The molecule has 3 N–H and O–H groups in total. The highest BCUT2D eigenvalue weighted by atomic mass is 16.6. The largest absolute Gasteiger partial charge is 0.444 e. The van der Waals surface area contributed by atoms with Gasteiger partial charge >= 0.3 is 6.09 Å². The van der Waals surface area contributed by atoms with E-state index in [0.717, 1.165) is 37.1 Å². The van der Waals surface area contributed by atoms with Crippen molar-refractivity contribution in [2.24, 2.45) is 0 Å². The van der Waals surface area contributed by atoms with Crippen LogP contribution in [0.3, 0.4) is 0 Å². The zero-order valence-corrected chi connectivity index (χ0v) is 14.8. The highest BCUT2D eigenvalue weighted by Gasteiger charge is 2.30. The number of nitrogens with one attached hydrogen (secondary N) is 2. The molecule has 0 aliphatic carbocycles. The Morgan fingerprint density at radius 3 is 2.50 bits per heavy atom. The normalized spacial score (nSPS) is 17.7. The minimum absolute atomic E-state index is 0.409. The third kappa shape index (κ3) is 5.65. The van der Waals surface area contributed by atoms with Crippen LogP contribution in [0.4, 0.5) is 4.79 Å². The van der Waals surface area contributed by atoms with Crippen molar-refractivity contribution in [3.63, 3.8) is 0 Å². The Balaban J connectivity index is 1.84. The van der Waals surface area contributed by atoms with Gasteiger partial charge in [-0.3, -0.25) is 0 Å². The van der Waals surface area contributed by atoms with Crippen LogP contribution in [0, 0.1) is 0 Å². The topological polar surface area (TPSA) is 70.6 Å². The summed E-state index contributed by atoms with van der Waals surface area (Å²) in [6.07, 6.45) is 4.87. The first-order valence-corrected chi connectivity index (χ1v) is 8.46. The lowest BCUT2D eigenvalue weighted by Gasteiger charge is -2.33. The van der Waals surface area contributed by atoms with Crippen molar-refractivity contribution in [1.29, 1.82) is 0 Å². The maximum absolute atomic E-state index is 11.5. The highest BCUT2D eigenvalue weighted by molar-refractivity contribution is 5.68. The average Bonchev–Trinajstić information content (AvgIpc) is 2.51. The van der Waals surface area contributed by atoms with Crippen LogP contribution in [0.2, 0.25) is 0 Å². The lowest BCUT2D eigenvalue weighted by atomic mass is 9.85. The summed E-state index contributed by atoms with van der Waals surface area (Å²) in [5.74, 6) is 0. The molecule has 1 aliphatic rings. The molecule has 1 aromatic carbocycles. The van der Waals surface area contributed by atoms with Gasteiger partial charge in [-0.05, 0) is 57.8 Å². The number of hydrogen-bond acceptors (Lipinski definition) is 4. The third-order valence-electron chi connectivity index (χ3n) is 3.95. The molecule has 0 aromatic heterocycles. The van der Waals surface area contributed by atoms with Crippen LogP contribution >= 0.6 is 0 Å². The van der Waals surface area contributed by atoms with Crippen molar-refractivity contribution in [2.45, 2.75) is 44.8 Å². The standard InChI is InChI=1S/C19H28N2O3/c1-18(2,3)24-17(22)21-12-4-5-15-6-8-16(9-7-15)19(23)10-13-20-14-11-19/h4-9,20,23H,10-14H2,1-3H3,(H,21,22). The van der Waals surface area contributed by atoms with Gasteiger partial charge in [-0.1, -0.05) is 36.4 Å². The number of benzene rings is 1. The van der Waals surface area contributed by atoms with Gasteiger partial charge in [0.2, 0.25) is 0 Å². The Kier molecular flexibility index (Phi) is 6.02. The Morgan fingerprint density at radius 1 is 1.29 bits per heavy atom. The molecule has 0 atom stereocenters. The van der Waals surface area contributed by atoms with E-state index in [-0.39, 0.29) is 0 Å². The zero-order valence-electron chi connectivity index (χ0n) is 14.8. The molecule has 2 rings (SSSR count). The SMILES string of the molecule is CC(C)(C)OC(=O)NCC=Cc1ccc(C2(O)CCNCC2)cc1. The molecule has 1 saturated heterocycles. The molecule has 0 unspecified atom stereocenters. The molecule has 1 aromatic rings. The van der Waals surface area contributed by atoms with E-state index in [9.17, 15) is 9.90 Å². The van der Waals surface area contributed by atoms with E-state index in [0.29, 0.717) is 6.54 Å². The zero-order chi connectivity index (χ0) is 17.6. The molecule has 5 heteroatoms. The summed E-state index contributed by atoms with van der Waals surface area (Å²) in [4.78, 5) is 11.5. The predicted octanol–water partition coefficient (Wildman–Crippen LogP) is 2.80. The van der Waals surface area contributed by atoms with Crippen LogP contribution in [0.25, 0.3) is 6.08 Å². The van der Waals surface area contributed by atoms with E-state index in [1.54, 1.807) is 0 Å². The van der Waals surface area contributed by atoms with Crippen LogP contribution in [0.15, 0.2) is 30.3 Å². The minimum atomic E-state index is -0.717. The number of ether oxygens (including phenoxy) is 1. The van der Waals surface area contributed by atoms with Gasteiger partial charge < -0.3 is 20.5 Å². The number of amides is 1. The fourth-order valence-electron chi connectivity index (χ4n) is 2.68. The second-order valence-corrected chi connectivity index (χ2v) is 7.19. The third-order valence-corrected chi connectivity index (χ3v) is 3.95. The van der Waals surface area contributed by atoms with Crippen LogP contribution in [0.1, 0.15) is 44.7 Å². The second-order valence-electron chi connectivity index (χ2n) is 7.19. The monoisotopic (exact) mass is 332 g/mol. The number of alkyl carbamates (subject to hydrolysis) is 1. The van der Waals surface area contributed by atoms with Gasteiger partial charge in [-0.2, -0.15) is 0 Å². The maximum atomic E-state index is 11.5. The van der Waals surface area contributed by atoms with Crippen molar-refractivity contribution < 1.29 is 14.6 Å². The second kappa shape index (κ2) is 7.81. The summed E-state index contributed by atoms with van der Waals surface area (Å²) >= 11 is 0. The van der Waals surface area contributed by atoms with Crippen LogP contribution < -0.4 is 10.6 Å². The van der Waals surface area contributed by atoms with Gasteiger partial charge in [0.05, 0.1) is 5.60 Å². The van der Waals surface area contributed by atoms with Crippen molar-refractivity contribution in [3.8, 4) is 0 Å². The van der Waals surface area contributed by atoms with E-state index < -0.39 is 17.3 Å². The Labute approximate surface area is 144 Å². The highest BCUT2D eigenvalue weighted by Crippen LogP contribution is 2.30. The van der Waals surface area contributed by atoms with E-state index in [2.05, 4.69) is 10.6 Å². The van der Waals surface area contributed by atoms with E-state index in [1.807, 2.05) is 57.2 Å². The molecule has 5 nitrogen and oxygen atoms in total. The van der Waals surface area contributed by atoms with Gasteiger partial charge in [0.15, 0.2) is 0 Å². The predicted molar refractivity (Wildman–Crippen MR) is 95.7 cm³/mol. The van der Waals surface area contributed by atoms with Gasteiger partial charge in [0, 0.05) is 6.54 Å². The number of carbonyl (C=O) groups is 1. The van der Waals surface area contributed by atoms with Gasteiger partial charge in [-0.15, -0.1) is 0 Å². The van der Waals surface area contributed by atoms with Gasteiger partial charge in [0.1, 0.15) is 5.60 Å². The fourth-order valence-corrected chi connectivity index (χ4v) is 2.68. The summed E-state index contributed by atoms with van der Waals surface area (Å²) in [7, 11) is 0. The van der Waals surface area contributed by atoms with Crippen molar-refractivity contribution in [3.05, 3.63) is 41.5 Å². The fraction of sp³-hybridized carbons (Fsp3) is 0.526. The number of aliphatic hydroxyl groups is 1. The smallest absolute Gasteiger partial charge is 0.407 e. The lowest BCUT2D eigenvalue weighted by Crippen LogP contribution is -2.39. The lowest BCUT2D eigenvalue weighted by molar-refractivity contribution is 0.00593. The first-order chi connectivity index (χ1) is 11.3. The quantitative estimate of drug-likeness (QED) is 0.793. The number of hydrogen-bond donors (Lipinski definition) is 3. The van der Waals surface area contributed by atoms with Crippen LogP contribution in [0.5, 0.6) is 0 Å². The van der Waals surface area contributed by atoms with E-state index >= 15 is 0 Å². The van der Waals surface area contributed by atoms with Crippen LogP contribution in [-0.2, 0) is 10.3 Å².